The number of thiazole rings is 1. The van der Waals surface area contributed by atoms with Gasteiger partial charge in [0.1, 0.15) is 0 Å². The summed E-state index contributed by atoms with van der Waals surface area (Å²) in [5.41, 5.74) is 0.719. The van der Waals surface area contributed by atoms with Crippen molar-refractivity contribution in [1.82, 2.24) is 9.97 Å². The zero-order valence-corrected chi connectivity index (χ0v) is 9.19. The Hall–Kier alpha value is -1.95. The summed E-state index contributed by atoms with van der Waals surface area (Å²) in [7, 11) is 0. The molecule has 2 rings (SSSR count). The summed E-state index contributed by atoms with van der Waals surface area (Å²) in [6.07, 6.45) is 1.41. The normalized spacial score (nSPS) is 10.1. The van der Waals surface area contributed by atoms with E-state index in [9.17, 15) is 4.79 Å². The van der Waals surface area contributed by atoms with Crippen molar-refractivity contribution in [2.45, 2.75) is 6.92 Å². The van der Waals surface area contributed by atoms with Crippen LogP contribution < -0.4 is 4.74 Å². The second kappa shape index (κ2) is 4.28. The highest BCUT2D eigenvalue weighted by Crippen LogP contribution is 2.26. The minimum Gasteiger partial charge on any atom is -0.476 e. The highest BCUT2D eigenvalue weighted by Gasteiger charge is 2.13. The molecular formula is C10H8N2O3S. The van der Waals surface area contributed by atoms with Crippen LogP contribution in [0.2, 0.25) is 0 Å². The highest BCUT2D eigenvalue weighted by atomic mass is 32.1. The van der Waals surface area contributed by atoms with E-state index >= 15 is 0 Å². The Morgan fingerprint density at radius 1 is 1.56 bits per heavy atom. The molecule has 0 spiro atoms. The molecule has 0 bridgehead atoms. The van der Waals surface area contributed by atoms with E-state index in [-0.39, 0.29) is 11.4 Å². The maximum Gasteiger partial charge on any atom is 0.358 e. The van der Waals surface area contributed by atoms with E-state index in [1.165, 1.54) is 17.5 Å². The summed E-state index contributed by atoms with van der Waals surface area (Å²) < 4.78 is 5.36. The summed E-state index contributed by atoms with van der Waals surface area (Å²) >= 11 is 1.31. The lowest BCUT2D eigenvalue weighted by atomic mass is 10.3. The summed E-state index contributed by atoms with van der Waals surface area (Å²) in [6.45, 7) is 1.84. The predicted molar refractivity (Wildman–Crippen MR) is 58.1 cm³/mol. The molecule has 2 aromatic heterocycles. The number of ether oxygens (including phenoxy) is 1. The van der Waals surface area contributed by atoms with Gasteiger partial charge in [-0.3, -0.25) is 0 Å². The number of nitrogens with zero attached hydrogens (tertiary/aromatic N) is 2. The van der Waals surface area contributed by atoms with Gasteiger partial charge in [0.25, 0.3) is 5.19 Å². The van der Waals surface area contributed by atoms with Gasteiger partial charge in [-0.25, -0.2) is 14.8 Å². The number of carbonyl (C=O) groups is 1. The molecule has 2 aromatic rings. The van der Waals surface area contributed by atoms with E-state index in [1.54, 1.807) is 12.1 Å². The zero-order chi connectivity index (χ0) is 11.5. The molecule has 1 N–H and O–H groups in total. The van der Waals surface area contributed by atoms with Gasteiger partial charge in [-0.1, -0.05) is 11.3 Å². The number of aryl methyl sites for hydroxylation is 1. The molecule has 0 saturated heterocycles. The van der Waals surface area contributed by atoms with E-state index < -0.39 is 5.97 Å². The number of hydrogen-bond donors (Lipinski definition) is 1. The molecule has 0 unspecified atom stereocenters. The maximum absolute atomic E-state index is 10.9. The van der Waals surface area contributed by atoms with Gasteiger partial charge in [-0.15, -0.1) is 0 Å². The number of carboxylic acids is 1. The van der Waals surface area contributed by atoms with Crippen molar-refractivity contribution in [3.8, 4) is 10.9 Å². The molecule has 0 aliphatic carbocycles. The molecule has 0 aromatic carbocycles. The Kier molecular flexibility index (Phi) is 2.82. The SMILES string of the molecule is Cc1csc(Oc2cccnc2C(=O)O)n1. The van der Waals surface area contributed by atoms with Crippen molar-refractivity contribution >= 4 is 17.3 Å². The molecule has 2 heterocycles. The van der Waals surface area contributed by atoms with Crippen LogP contribution in [-0.4, -0.2) is 21.0 Å². The standard InChI is InChI=1S/C10H8N2O3S/c1-6-5-16-10(12-6)15-7-3-2-4-11-8(7)9(13)14/h2-5H,1H3,(H,13,14). The first kappa shape index (κ1) is 10.6. The van der Waals surface area contributed by atoms with Crippen molar-refractivity contribution in [3.63, 3.8) is 0 Å². The van der Waals surface area contributed by atoms with Crippen molar-refractivity contribution in [2.24, 2.45) is 0 Å². The Morgan fingerprint density at radius 3 is 3.00 bits per heavy atom. The number of pyridine rings is 1. The Bertz CT molecular complexity index is 524. The average molecular weight is 236 g/mol. The second-order valence-electron chi connectivity index (χ2n) is 3.01. The lowest BCUT2D eigenvalue weighted by Crippen LogP contribution is -2.02. The molecule has 0 aliphatic rings. The third-order valence-corrected chi connectivity index (χ3v) is 2.60. The van der Waals surface area contributed by atoms with Crippen LogP contribution in [-0.2, 0) is 0 Å². The van der Waals surface area contributed by atoms with Gasteiger partial charge >= 0.3 is 5.97 Å². The third kappa shape index (κ3) is 2.17. The summed E-state index contributed by atoms with van der Waals surface area (Å²) in [4.78, 5) is 18.7. The van der Waals surface area contributed by atoms with Crippen LogP contribution in [0.3, 0.4) is 0 Å². The van der Waals surface area contributed by atoms with Gasteiger partial charge in [0, 0.05) is 11.6 Å². The van der Waals surface area contributed by atoms with Crippen molar-refractivity contribution in [3.05, 3.63) is 35.1 Å². The Morgan fingerprint density at radius 2 is 2.38 bits per heavy atom. The summed E-state index contributed by atoms with van der Waals surface area (Å²) in [5.74, 6) is -0.923. The fourth-order valence-corrected chi connectivity index (χ4v) is 1.77. The maximum atomic E-state index is 10.9. The minimum absolute atomic E-state index is 0.115. The summed E-state index contributed by atoms with van der Waals surface area (Å²) in [6, 6.07) is 3.16. The van der Waals surface area contributed by atoms with Crippen LogP contribution in [0.1, 0.15) is 16.2 Å². The largest absolute Gasteiger partial charge is 0.476 e. The molecule has 6 heteroatoms. The first-order valence-electron chi connectivity index (χ1n) is 4.45. The predicted octanol–water partition coefficient (Wildman–Crippen LogP) is 2.34. The Balaban J connectivity index is 2.31. The molecule has 0 fully saturated rings. The van der Waals surface area contributed by atoms with Crippen molar-refractivity contribution < 1.29 is 14.6 Å². The highest BCUT2D eigenvalue weighted by molar-refractivity contribution is 7.11. The Labute approximate surface area is 95.4 Å². The monoisotopic (exact) mass is 236 g/mol. The molecule has 5 nitrogen and oxygen atoms in total. The molecule has 0 aliphatic heterocycles. The van der Waals surface area contributed by atoms with Crippen LogP contribution in [0.4, 0.5) is 0 Å². The molecule has 0 atom stereocenters. The topological polar surface area (TPSA) is 72.3 Å². The number of hydrogen-bond acceptors (Lipinski definition) is 5. The minimum atomic E-state index is -1.12. The van der Waals surface area contributed by atoms with Crippen molar-refractivity contribution in [1.29, 1.82) is 0 Å². The molecule has 16 heavy (non-hydrogen) atoms. The van der Waals surface area contributed by atoms with Gasteiger partial charge < -0.3 is 9.84 Å². The lowest BCUT2D eigenvalue weighted by molar-refractivity contribution is 0.0687. The third-order valence-electron chi connectivity index (χ3n) is 1.77. The number of carboxylic acid groups (broad SMARTS) is 1. The second-order valence-corrected chi connectivity index (χ2v) is 3.83. The zero-order valence-electron chi connectivity index (χ0n) is 8.38. The number of aromatic carboxylic acids is 1. The molecule has 82 valence electrons. The van der Waals surface area contributed by atoms with Crippen LogP contribution >= 0.6 is 11.3 Å². The van der Waals surface area contributed by atoms with E-state index in [2.05, 4.69) is 9.97 Å². The van der Waals surface area contributed by atoms with E-state index in [1.807, 2.05) is 12.3 Å². The van der Waals surface area contributed by atoms with Crippen LogP contribution in [0.15, 0.2) is 23.7 Å². The van der Waals surface area contributed by atoms with Gasteiger partial charge in [0.2, 0.25) is 0 Å². The smallest absolute Gasteiger partial charge is 0.358 e. The van der Waals surface area contributed by atoms with E-state index in [0.717, 1.165) is 5.69 Å². The quantitative estimate of drug-likeness (QED) is 0.885. The van der Waals surface area contributed by atoms with Crippen LogP contribution in [0.5, 0.6) is 10.9 Å². The van der Waals surface area contributed by atoms with E-state index in [0.29, 0.717) is 5.19 Å². The van der Waals surface area contributed by atoms with Crippen LogP contribution in [0.25, 0.3) is 0 Å². The lowest BCUT2D eigenvalue weighted by Gasteiger charge is -2.03. The van der Waals surface area contributed by atoms with Gasteiger partial charge in [0.05, 0.1) is 5.69 Å². The molecule has 0 saturated carbocycles. The molecule has 0 amide bonds. The van der Waals surface area contributed by atoms with Gasteiger partial charge in [-0.2, -0.15) is 0 Å². The van der Waals surface area contributed by atoms with Crippen LogP contribution in [0, 0.1) is 6.92 Å². The molecular weight excluding hydrogens is 228 g/mol. The van der Waals surface area contributed by atoms with Gasteiger partial charge in [-0.05, 0) is 19.1 Å². The van der Waals surface area contributed by atoms with Gasteiger partial charge in [0.15, 0.2) is 11.4 Å². The summed E-state index contributed by atoms with van der Waals surface area (Å²) in [5, 5.41) is 11.1. The number of aromatic nitrogens is 2. The number of rotatable bonds is 3. The fraction of sp³-hybridized carbons (Fsp3) is 0.100. The van der Waals surface area contributed by atoms with Crippen molar-refractivity contribution in [2.75, 3.05) is 0 Å². The first-order chi connectivity index (χ1) is 7.66. The fourth-order valence-electron chi connectivity index (χ4n) is 1.11. The van der Waals surface area contributed by atoms with E-state index in [4.69, 9.17) is 9.84 Å². The average Bonchev–Trinajstić information content (AvgIpc) is 2.64. The first-order valence-corrected chi connectivity index (χ1v) is 5.33. The molecule has 0 radical (unpaired) electrons.